The van der Waals surface area contributed by atoms with Crippen LogP contribution in [0.5, 0.6) is 0 Å². The van der Waals surface area contributed by atoms with Crippen molar-refractivity contribution >= 4 is 33.2 Å². The number of aromatic nitrogens is 1. The minimum atomic E-state index is -0.228. The second-order valence-electron chi connectivity index (χ2n) is 4.67. The highest BCUT2D eigenvalue weighted by Gasteiger charge is 2.07. The van der Waals surface area contributed by atoms with Gasteiger partial charge in [0.15, 0.2) is 0 Å². The number of carbonyl (C=O) groups is 1. The SMILES string of the molecule is COCCCNc1ccc(C(=O)Nc2ccc(Br)cc2)nc1. The molecule has 0 aliphatic carbocycles. The number of amides is 1. The summed E-state index contributed by atoms with van der Waals surface area (Å²) in [5.41, 5.74) is 2.00. The number of nitrogens with zero attached hydrogens (tertiary/aromatic N) is 1. The van der Waals surface area contributed by atoms with Crippen molar-refractivity contribution in [2.45, 2.75) is 6.42 Å². The van der Waals surface area contributed by atoms with Crippen molar-refractivity contribution in [1.29, 1.82) is 0 Å². The Kier molecular flexibility index (Phi) is 6.36. The summed E-state index contributed by atoms with van der Waals surface area (Å²) < 4.78 is 5.95. The Morgan fingerprint density at radius 3 is 2.55 bits per heavy atom. The van der Waals surface area contributed by atoms with E-state index in [2.05, 4.69) is 31.5 Å². The smallest absolute Gasteiger partial charge is 0.274 e. The lowest BCUT2D eigenvalue weighted by atomic mass is 10.3. The lowest BCUT2D eigenvalue weighted by Gasteiger charge is -2.07. The minimum absolute atomic E-state index is 0.228. The zero-order chi connectivity index (χ0) is 15.8. The summed E-state index contributed by atoms with van der Waals surface area (Å²) in [7, 11) is 1.68. The van der Waals surface area contributed by atoms with Crippen LogP contribution in [0.2, 0.25) is 0 Å². The molecule has 0 radical (unpaired) electrons. The highest BCUT2D eigenvalue weighted by molar-refractivity contribution is 9.10. The lowest BCUT2D eigenvalue weighted by Crippen LogP contribution is -2.13. The molecule has 2 aromatic rings. The summed E-state index contributed by atoms with van der Waals surface area (Å²) in [6.45, 7) is 1.52. The van der Waals surface area contributed by atoms with E-state index in [4.69, 9.17) is 4.74 Å². The lowest BCUT2D eigenvalue weighted by molar-refractivity contribution is 0.102. The Bertz CT molecular complexity index is 600. The van der Waals surface area contributed by atoms with E-state index in [1.807, 2.05) is 30.3 Å². The first kappa shape index (κ1) is 16.5. The van der Waals surface area contributed by atoms with E-state index >= 15 is 0 Å². The molecule has 22 heavy (non-hydrogen) atoms. The number of carbonyl (C=O) groups excluding carboxylic acids is 1. The fourth-order valence-electron chi connectivity index (χ4n) is 1.81. The van der Waals surface area contributed by atoms with Gasteiger partial charge in [0.05, 0.1) is 11.9 Å². The fraction of sp³-hybridized carbons (Fsp3) is 0.250. The molecule has 0 atom stereocenters. The van der Waals surface area contributed by atoms with Crippen molar-refractivity contribution in [3.8, 4) is 0 Å². The molecule has 0 unspecified atom stereocenters. The Balaban J connectivity index is 1.89. The molecule has 0 spiro atoms. The fourth-order valence-corrected chi connectivity index (χ4v) is 2.07. The van der Waals surface area contributed by atoms with Crippen molar-refractivity contribution < 1.29 is 9.53 Å². The van der Waals surface area contributed by atoms with Crippen molar-refractivity contribution in [3.05, 3.63) is 52.8 Å². The van der Waals surface area contributed by atoms with Crippen molar-refractivity contribution in [3.63, 3.8) is 0 Å². The van der Waals surface area contributed by atoms with E-state index in [1.165, 1.54) is 0 Å². The van der Waals surface area contributed by atoms with Crippen LogP contribution in [-0.2, 0) is 4.74 Å². The number of benzene rings is 1. The van der Waals surface area contributed by atoms with Gasteiger partial charge in [-0.25, -0.2) is 4.98 Å². The summed E-state index contributed by atoms with van der Waals surface area (Å²) in [6.07, 6.45) is 2.58. The minimum Gasteiger partial charge on any atom is -0.385 e. The van der Waals surface area contributed by atoms with Crippen LogP contribution in [0.25, 0.3) is 0 Å². The third-order valence-electron chi connectivity index (χ3n) is 2.95. The molecule has 0 aliphatic heterocycles. The first-order chi connectivity index (χ1) is 10.7. The molecule has 5 nitrogen and oxygen atoms in total. The molecule has 1 heterocycles. The molecule has 6 heteroatoms. The van der Waals surface area contributed by atoms with Crippen molar-refractivity contribution in [2.24, 2.45) is 0 Å². The van der Waals surface area contributed by atoms with Gasteiger partial charge in [-0.1, -0.05) is 15.9 Å². The topological polar surface area (TPSA) is 63.2 Å². The number of pyridine rings is 1. The molecule has 0 bridgehead atoms. The third-order valence-corrected chi connectivity index (χ3v) is 3.48. The van der Waals surface area contributed by atoms with Crippen LogP contribution < -0.4 is 10.6 Å². The van der Waals surface area contributed by atoms with Crippen LogP contribution in [0.3, 0.4) is 0 Å². The van der Waals surface area contributed by atoms with Gasteiger partial charge in [0.25, 0.3) is 5.91 Å². The highest BCUT2D eigenvalue weighted by Crippen LogP contribution is 2.15. The first-order valence-electron chi connectivity index (χ1n) is 6.95. The van der Waals surface area contributed by atoms with Gasteiger partial charge in [0.1, 0.15) is 5.69 Å². The number of ether oxygens (including phenoxy) is 1. The normalized spacial score (nSPS) is 10.3. The van der Waals surface area contributed by atoms with Crippen LogP contribution in [0, 0.1) is 0 Å². The van der Waals surface area contributed by atoms with Gasteiger partial charge < -0.3 is 15.4 Å². The third kappa shape index (κ3) is 5.13. The molecule has 2 N–H and O–H groups in total. The largest absolute Gasteiger partial charge is 0.385 e. The summed E-state index contributed by atoms with van der Waals surface area (Å²) in [5.74, 6) is -0.228. The van der Waals surface area contributed by atoms with Crippen molar-refractivity contribution in [2.75, 3.05) is 30.9 Å². The number of halogens is 1. The molecule has 2 rings (SSSR count). The van der Waals surface area contributed by atoms with Gasteiger partial charge in [0, 0.05) is 30.4 Å². The quantitative estimate of drug-likeness (QED) is 0.738. The van der Waals surface area contributed by atoms with E-state index in [-0.39, 0.29) is 5.91 Å². The second kappa shape index (κ2) is 8.51. The van der Waals surface area contributed by atoms with E-state index in [9.17, 15) is 4.79 Å². The summed E-state index contributed by atoms with van der Waals surface area (Å²) in [5, 5.41) is 6.03. The predicted molar refractivity (Wildman–Crippen MR) is 91.3 cm³/mol. The van der Waals surface area contributed by atoms with Gasteiger partial charge in [-0.05, 0) is 42.8 Å². The van der Waals surface area contributed by atoms with Gasteiger partial charge in [-0.15, -0.1) is 0 Å². The molecule has 1 amide bonds. The molecule has 0 aliphatic rings. The number of nitrogens with one attached hydrogen (secondary N) is 2. The Labute approximate surface area is 138 Å². The van der Waals surface area contributed by atoms with E-state index in [0.29, 0.717) is 12.3 Å². The standard InChI is InChI=1S/C16H18BrN3O2/c1-22-10-2-9-18-14-7-8-15(19-11-14)16(21)20-13-5-3-12(17)4-6-13/h3-8,11,18H,2,9-10H2,1H3,(H,20,21). The summed E-state index contributed by atoms with van der Waals surface area (Å²) >= 11 is 3.36. The zero-order valence-electron chi connectivity index (χ0n) is 12.3. The van der Waals surface area contributed by atoms with Gasteiger partial charge in [-0.2, -0.15) is 0 Å². The maximum Gasteiger partial charge on any atom is 0.274 e. The maximum absolute atomic E-state index is 12.1. The van der Waals surface area contributed by atoms with Crippen molar-refractivity contribution in [1.82, 2.24) is 4.98 Å². The van der Waals surface area contributed by atoms with Gasteiger partial charge >= 0.3 is 0 Å². The number of hydrogen-bond donors (Lipinski definition) is 2. The average molecular weight is 364 g/mol. The Morgan fingerprint density at radius 2 is 1.91 bits per heavy atom. The predicted octanol–water partition coefficient (Wildman–Crippen LogP) is 3.54. The van der Waals surface area contributed by atoms with Crippen LogP contribution in [0.4, 0.5) is 11.4 Å². The van der Waals surface area contributed by atoms with Crippen LogP contribution in [0.15, 0.2) is 47.1 Å². The Hall–Kier alpha value is -1.92. The number of methoxy groups -OCH3 is 1. The van der Waals surface area contributed by atoms with E-state index in [0.717, 1.165) is 28.8 Å². The maximum atomic E-state index is 12.1. The van der Waals surface area contributed by atoms with Gasteiger partial charge in [0.2, 0.25) is 0 Å². The summed E-state index contributed by atoms with van der Waals surface area (Å²) in [6, 6.07) is 10.9. The van der Waals surface area contributed by atoms with E-state index < -0.39 is 0 Å². The molecule has 1 aromatic heterocycles. The molecule has 0 saturated heterocycles. The average Bonchev–Trinajstić information content (AvgIpc) is 2.54. The Morgan fingerprint density at radius 1 is 1.18 bits per heavy atom. The van der Waals surface area contributed by atoms with Crippen LogP contribution >= 0.6 is 15.9 Å². The number of rotatable bonds is 7. The number of hydrogen-bond acceptors (Lipinski definition) is 4. The monoisotopic (exact) mass is 363 g/mol. The molecular formula is C16H18BrN3O2. The van der Waals surface area contributed by atoms with E-state index in [1.54, 1.807) is 19.4 Å². The first-order valence-corrected chi connectivity index (χ1v) is 7.74. The van der Waals surface area contributed by atoms with Crippen LogP contribution in [0.1, 0.15) is 16.9 Å². The molecule has 0 fully saturated rings. The molecule has 0 saturated carbocycles. The molecular weight excluding hydrogens is 346 g/mol. The highest BCUT2D eigenvalue weighted by atomic mass is 79.9. The molecule has 116 valence electrons. The zero-order valence-corrected chi connectivity index (χ0v) is 13.9. The molecule has 1 aromatic carbocycles. The summed E-state index contributed by atoms with van der Waals surface area (Å²) in [4.78, 5) is 16.3. The second-order valence-corrected chi connectivity index (χ2v) is 5.58. The number of anilines is 2. The van der Waals surface area contributed by atoms with Gasteiger partial charge in [-0.3, -0.25) is 4.79 Å². The van der Waals surface area contributed by atoms with Crippen LogP contribution in [-0.4, -0.2) is 31.2 Å².